The van der Waals surface area contributed by atoms with Crippen molar-refractivity contribution in [1.29, 1.82) is 0 Å². The van der Waals surface area contributed by atoms with E-state index in [1.54, 1.807) is 0 Å². The second-order valence-corrected chi connectivity index (χ2v) is 6.11. The van der Waals surface area contributed by atoms with Gasteiger partial charge in [0, 0.05) is 45.2 Å². The van der Waals surface area contributed by atoms with Crippen LogP contribution in [0.4, 0.5) is 5.82 Å². The van der Waals surface area contributed by atoms with Gasteiger partial charge in [-0.25, -0.2) is 9.97 Å². The maximum atomic E-state index is 10.6. The average Bonchev–Trinajstić information content (AvgIpc) is 2.38. The first-order valence-electron chi connectivity index (χ1n) is 6.94. The number of nitrogens with zero attached hydrogens (tertiary/aromatic N) is 3. The van der Waals surface area contributed by atoms with Crippen molar-refractivity contribution in [2.75, 3.05) is 31.7 Å². The predicted molar refractivity (Wildman–Crippen MR) is 79.4 cm³/mol. The molecule has 1 aromatic rings. The van der Waals surface area contributed by atoms with Crippen LogP contribution >= 0.6 is 11.6 Å². The van der Waals surface area contributed by atoms with E-state index < -0.39 is 5.60 Å². The second kappa shape index (κ2) is 6.24. The maximum absolute atomic E-state index is 10.6. The maximum Gasteiger partial charge on any atom is 0.138 e. The molecular formula is C14H22ClN3O2. The van der Waals surface area contributed by atoms with Gasteiger partial charge in [0.1, 0.15) is 17.3 Å². The Labute approximate surface area is 124 Å². The van der Waals surface area contributed by atoms with Gasteiger partial charge in [0.25, 0.3) is 0 Å². The van der Waals surface area contributed by atoms with Gasteiger partial charge in [-0.3, -0.25) is 0 Å². The Morgan fingerprint density at radius 2 is 2.05 bits per heavy atom. The molecule has 0 bridgehead atoms. The van der Waals surface area contributed by atoms with E-state index in [9.17, 15) is 5.11 Å². The lowest BCUT2D eigenvalue weighted by atomic mass is 9.93. The molecule has 0 atom stereocenters. The Balaban J connectivity index is 2.20. The van der Waals surface area contributed by atoms with Gasteiger partial charge in [-0.15, -0.1) is 0 Å². The van der Waals surface area contributed by atoms with Crippen molar-refractivity contribution in [2.24, 2.45) is 0 Å². The molecule has 0 amide bonds. The Hall–Kier alpha value is -0.910. The second-order valence-electron chi connectivity index (χ2n) is 5.75. The molecule has 0 saturated carbocycles. The molecule has 1 fully saturated rings. The summed E-state index contributed by atoms with van der Waals surface area (Å²) in [7, 11) is 1.93. The Bertz CT molecular complexity index is 462. The third-order valence-corrected chi connectivity index (χ3v) is 4.01. The van der Waals surface area contributed by atoms with E-state index in [1.165, 1.54) is 6.33 Å². The molecule has 20 heavy (non-hydrogen) atoms. The zero-order valence-electron chi connectivity index (χ0n) is 12.3. The van der Waals surface area contributed by atoms with E-state index in [1.807, 2.05) is 11.9 Å². The Morgan fingerprint density at radius 3 is 2.65 bits per heavy atom. The molecule has 0 aromatic carbocycles. The lowest BCUT2D eigenvalue weighted by Gasteiger charge is -2.36. The minimum atomic E-state index is -0.724. The Morgan fingerprint density at radius 1 is 1.40 bits per heavy atom. The zero-order valence-corrected chi connectivity index (χ0v) is 13.0. The fraction of sp³-hybridized carbons (Fsp3) is 0.714. The summed E-state index contributed by atoms with van der Waals surface area (Å²) in [4.78, 5) is 10.4. The number of aliphatic hydroxyl groups is 1. The van der Waals surface area contributed by atoms with Gasteiger partial charge < -0.3 is 14.7 Å². The largest absolute Gasteiger partial charge is 0.388 e. The van der Waals surface area contributed by atoms with Gasteiger partial charge in [0.05, 0.1) is 5.60 Å². The molecule has 1 aliphatic heterocycles. The third kappa shape index (κ3) is 3.40. The molecule has 2 heterocycles. The summed E-state index contributed by atoms with van der Waals surface area (Å²) in [5.41, 5.74) is 0.200. The van der Waals surface area contributed by atoms with Crippen LogP contribution in [0.25, 0.3) is 0 Å². The number of ether oxygens (including phenoxy) is 1. The van der Waals surface area contributed by atoms with Crippen molar-refractivity contribution in [3.8, 4) is 0 Å². The van der Waals surface area contributed by atoms with Gasteiger partial charge in [0.2, 0.25) is 0 Å². The lowest BCUT2D eigenvalue weighted by Crippen LogP contribution is -2.46. The first-order valence-corrected chi connectivity index (χ1v) is 7.32. The standard InChI is InChI=1S/C14H22ClN3O2/c1-10(2)11-12(15)16-9-17-13(11)18(3)8-14(19)4-6-20-7-5-14/h9-10,19H,4-8H2,1-3H3. The molecule has 1 aromatic heterocycles. The predicted octanol–water partition coefficient (Wildman–Crippen LogP) is 2.23. The van der Waals surface area contributed by atoms with Crippen LogP contribution in [0, 0.1) is 0 Å². The lowest BCUT2D eigenvalue weighted by molar-refractivity contribution is -0.0573. The van der Waals surface area contributed by atoms with Crippen LogP contribution in [0.2, 0.25) is 5.15 Å². The molecule has 1 saturated heterocycles. The minimum Gasteiger partial charge on any atom is -0.388 e. The first-order chi connectivity index (χ1) is 9.43. The fourth-order valence-corrected chi connectivity index (χ4v) is 2.94. The van der Waals surface area contributed by atoms with Gasteiger partial charge >= 0.3 is 0 Å². The molecular weight excluding hydrogens is 278 g/mol. The Kier molecular flexibility index (Phi) is 4.83. The first kappa shape index (κ1) is 15.5. The fourth-order valence-electron chi connectivity index (χ4n) is 2.59. The minimum absolute atomic E-state index is 0.227. The average molecular weight is 300 g/mol. The molecule has 2 rings (SSSR count). The molecule has 6 heteroatoms. The number of anilines is 1. The highest BCUT2D eigenvalue weighted by Gasteiger charge is 2.32. The van der Waals surface area contributed by atoms with Crippen LogP contribution < -0.4 is 4.90 Å². The number of hydrogen-bond donors (Lipinski definition) is 1. The highest BCUT2D eigenvalue weighted by molar-refractivity contribution is 6.30. The van der Waals surface area contributed by atoms with Crippen LogP contribution in [0.15, 0.2) is 6.33 Å². The summed E-state index contributed by atoms with van der Waals surface area (Å²) >= 11 is 6.19. The van der Waals surface area contributed by atoms with Crippen molar-refractivity contribution in [3.63, 3.8) is 0 Å². The summed E-state index contributed by atoms with van der Waals surface area (Å²) < 4.78 is 5.31. The molecule has 0 spiro atoms. The van der Waals surface area contributed by atoms with Crippen LogP contribution in [0.5, 0.6) is 0 Å². The molecule has 112 valence electrons. The SMILES string of the molecule is CC(C)c1c(Cl)ncnc1N(C)CC1(O)CCOCC1. The summed E-state index contributed by atoms with van der Waals surface area (Å²) in [6.45, 7) is 5.84. The molecule has 0 unspecified atom stereocenters. The van der Waals surface area contributed by atoms with Crippen LogP contribution in [-0.4, -0.2) is 47.5 Å². The van der Waals surface area contributed by atoms with Crippen molar-refractivity contribution in [2.45, 2.75) is 38.2 Å². The molecule has 0 radical (unpaired) electrons. The topological polar surface area (TPSA) is 58.5 Å². The molecule has 1 N–H and O–H groups in total. The number of halogens is 1. The molecule has 1 aliphatic rings. The number of hydrogen-bond acceptors (Lipinski definition) is 5. The van der Waals surface area contributed by atoms with Crippen LogP contribution in [-0.2, 0) is 4.74 Å². The van der Waals surface area contributed by atoms with Crippen molar-refractivity contribution in [1.82, 2.24) is 9.97 Å². The monoisotopic (exact) mass is 299 g/mol. The summed E-state index contributed by atoms with van der Waals surface area (Å²) in [5, 5.41) is 11.1. The highest BCUT2D eigenvalue weighted by Crippen LogP contribution is 2.31. The van der Waals surface area contributed by atoms with Crippen molar-refractivity contribution in [3.05, 3.63) is 17.0 Å². The zero-order chi connectivity index (χ0) is 14.8. The quantitative estimate of drug-likeness (QED) is 0.864. The van der Waals surface area contributed by atoms with Gasteiger partial charge in [-0.1, -0.05) is 25.4 Å². The van der Waals surface area contributed by atoms with E-state index in [4.69, 9.17) is 16.3 Å². The van der Waals surface area contributed by atoms with E-state index >= 15 is 0 Å². The summed E-state index contributed by atoms with van der Waals surface area (Å²) in [6.07, 6.45) is 2.76. The summed E-state index contributed by atoms with van der Waals surface area (Å²) in [5.74, 6) is 1.02. The van der Waals surface area contributed by atoms with E-state index in [0.29, 0.717) is 37.8 Å². The molecule has 0 aliphatic carbocycles. The van der Waals surface area contributed by atoms with E-state index in [0.717, 1.165) is 11.4 Å². The normalized spacial score (nSPS) is 18.3. The third-order valence-electron chi connectivity index (χ3n) is 3.71. The number of likely N-dealkylation sites (N-methyl/N-ethyl adjacent to an activating group) is 1. The van der Waals surface area contributed by atoms with Crippen molar-refractivity contribution < 1.29 is 9.84 Å². The molecule has 5 nitrogen and oxygen atoms in total. The van der Waals surface area contributed by atoms with Gasteiger partial charge in [-0.2, -0.15) is 0 Å². The van der Waals surface area contributed by atoms with E-state index in [-0.39, 0.29) is 5.92 Å². The number of aromatic nitrogens is 2. The van der Waals surface area contributed by atoms with Gasteiger partial charge in [-0.05, 0) is 5.92 Å². The van der Waals surface area contributed by atoms with Gasteiger partial charge in [0.15, 0.2) is 0 Å². The van der Waals surface area contributed by atoms with Crippen LogP contribution in [0.3, 0.4) is 0 Å². The van der Waals surface area contributed by atoms with Crippen molar-refractivity contribution >= 4 is 17.4 Å². The summed E-state index contributed by atoms with van der Waals surface area (Å²) in [6, 6.07) is 0. The highest BCUT2D eigenvalue weighted by atomic mass is 35.5. The number of rotatable bonds is 4. The van der Waals surface area contributed by atoms with E-state index in [2.05, 4.69) is 23.8 Å². The van der Waals surface area contributed by atoms with Crippen LogP contribution in [0.1, 0.15) is 38.2 Å². The smallest absolute Gasteiger partial charge is 0.138 e.